The molecule has 0 bridgehead atoms. The normalized spacial score (nSPS) is 22.6. The summed E-state index contributed by atoms with van der Waals surface area (Å²) in [5.74, 6) is 3.57. The monoisotopic (exact) mass is 1500 g/mol. The summed E-state index contributed by atoms with van der Waals surface area (Å²) in [7, 11) is 8.81. The van der Waals surface area contributed by atoms with Gasteiger partial charge in [-0.3, -0.25) is 29.5 Å². The Morgan fingerprint density at radius 2 is 0.708 bits per heavy atom. The van der Waals surface area contributed by atoms with E-state index >= 15 is 0 Å². The number of carbonyl (C=O) groups is 2. The van der Waals surface area contributed by atoms with Crippen molar-refractivity contribution in [2.45, 2.75) is 87.9 Å². The highest BCUT2D eigenvalue weighted by Gasteiger charge is 2.41. The molecule has 0 spiro atoms. The van der Waals surface area contributed by atoms with Gasteiger partial charge in [0.05, 0.1) is 22.8 Å². The summed E-state index contributed by atoms with van der Waals surface area (Å²) < 4.78 is 0. The number of likely N-dealkylation sites (tertiary alicyclic amines) is 4. The number of hydrogen-bond acceptors (Lipinski definition) is 14. The number of Topliss-reactive ketones (excluding diaryl/α,β-unsaturated/α-hetero) is 2. The molecule has 10 aliphatic rings. The average molecular weight is 1500 g/mol. The lowest BCUT2D eigenvalue weighted by molar-refractivity contribution is 0.0984. The van der Waals surface area contributed by atoms with Gasteiger partial charge < -0.3 is 40.0 Å². The number of benzene rings is 4. The standard InChI is InChI=1S/2C24H29ClN4.2C20H21ClN2O/c1-28-11-6-17(7-12-28)23-20-5-4-19(25)15-18(20)16-22(29-13-9-26-10-14-29)21-3-2-8-27-24(21)23;1-28-11-6-17(7-12-28)23-20-5-4-19(25)16-21(20)22(29-13-9-26-10-14-29)15-18-3-2-8-27-24(18)23;1-23-9-6-13(7-10-23)19-16-5-4-15(21)11-14(16)12-18(24)17-3-2-8-22-20(17)19;1-23-9-6-13(7-10-23)19-16-5-4-15(21)12-17(16)18(24)11-14-3-2-8-22-20(14)19/h2*2-5,8,15-17,23,26H,6-7,9-14H2,1H3;2-5,8,11,13,19H,6-7,9-10,12H2,1H3;2-5,8,12-13,19H,6-7,9-11H2,1H3. The van der Waals surface area contributed by atoms with E-state index in [4.69, 9.17) is 61.4 Å². The molecule has 8 aromatic rings. The van der Waals surface area contributed by atoms with Crippen molar-refractivity contribution in [3.05, 3.63) is 256 Å². The fraction of sp³-hybridized carbons (Fsp3) is 0.432. The highest BCUT2D eigenvalue weighted by atomic mass is 35.5. The van der Waals surface area contributed by atoms with Gasteiger partial charge in [-0.05, 0) is 297 Å². The van der Waals surface area contributed by atoms with Crippen LogP contribution in [0.25, 0.3) is 23.5 Å². The van der Waals surface area contributed by atoms with Crippen molar-refractivity contribution < 1.29 is 9.59 Å². The zero-order valence-electron chi connectivity index (χ0n) is 61.8. The maximum absolute atomic E-state index is 12.8. The van der Waals surface area contributed by atoms with E-state index in [-0.39, 0.29) is 23.4 Å². The molecule has 106 heavy (non-hydrogen) atoms. The molecule has 0 radical (unpaired) electrons. The number of halogens is 4. The minimum atomic E-state index is 0.150. The first-order valence-electron chi connectivity index (χ1n) is 38.8. The number of rotatable bonds is 6. The Labute approximate surface area is 647 Å². The lowest BCUT2D eigenvalue weighted by atomic mass is 9.76. The van der Waals surface area contributed by atoms with E-state index in [2.05, 4.69) is 158 Å². The van der Waals surface area contributed by atoms with Crippen LogP contribution in [0.3, 0.4) is 0 Å². The van der Waals surface area contributed by atoms with Crippen LogP contribution in [0.15, 0.2) is 146 Å². The van der Waals surface area contributed by atoms with Gasteiger partial charge in [-0.25, -0.2) is 0 Å². The Bertz CT molecular complexity index is 4480. The van der Waals surface area contributed by atoms with Gasteiger partial charge >= 0.3 is 0 Å². The van der Waals surface area contributed by atoms with Crippen molar-refractivity contribution >= 4 is 81.5 Å². The molecule has 2 N–H and O–H groups in total. The van der Waals surface area contributed by atoms with E-state index in [1.807, 2.05) is 73.3 Å². The number of piperidine rings is 4. The third-order valence-electron chi connectivity index (χ3n) is 24.5. The Balaban J connectivity index is 0.000000114. The van der Waals surface area contributed by atoms with E-state index in [1.54, 1.807) is 0 Å². The largest absolute Gasteiger partial charge is 0.368 e. The highest BCUT2D eigenvalue weighted by molar-refractivity contribution is 6.32. The Kier molecular flexibility index (Phi) is 23.7. The second kappa shape index (κ2) is 33.8. The Morgan fingerprint density at radius 1 is 0.340 bits per heavy atom. The first kappa shape index (κ1) is 74.3. The average Bonchev–Trinajstić information content (AvgIpc) is 1.62. The van der Waals surface area contributed by atoms with Gasteiger partial charge in [0, 0.05) is 167 Å². The van der Waals surface area contributed by atoms with Crippen LogP contribution in [0.1, 0.15) is 174 Å². The molecule has 4 atom stereocenters. The third kappa shape index (κ3) is 16.4. The number of aromatic nitrogens is 4. The number of nitrogens with one attached hydrogen (secondary N) is 2. The van der Waals surface area contributed by atoms with Gasteiger partial charge in [0.25, 0.3) is 0 Å². The first-order valence-corrected chi connectivity index (χ1v) is 40.3. The number of fused-ring (bicyclic) bond motifs is 8. The first-order chi connectivity index (χ1) is 51.7. The molecule has 6 saturated heterocycles. The molecule has 10 heterocycles. The SMILES string of the molecule is CN1CCC(C2c3ccc(Cl)cc3C(=O)Cc3cccnc32)CC1.CN1CCC(C2c3ccc(Cl)cc3C(N3CCNCC3)=Cc3cccnc32)CC1.CN1CCC(C2c3ccc(Cl)cc3C=C(N3CCNCC3)c3cccnc32)CC1.CN1CCC(C2c3ccc(Cl)cc3CC(=O)c3cccnc32)CC1. The number of piperazine rings is 2. The number of nitrogens with zero attached hydrogens (tertiary/aromatic N) is 10. The molecule has 4 aliphatic carbocycles. The predicted molar refractivity (Wildman–Crippen MR) is 432 cm³/mol. The topological polar surface area (TPSA) is 129 Å². The van der Waals surface area contributed by atoms with Crippen LogP contribution in [-0.2, 0) is 12.8 Å². The fourth-order valence-corrected chi connectivity index (χ4v) is 19.5. The molecular weight excluding hydrogens is 1400 g/mol. The number of carbonyl (C=O) groups excluding carboxylic acids is 2. The van der Waals surface area contributed by atoms with E-state index in [0.29, 0.717) is 58.4 Å². The van der Waals surface area contributed by atoms with Crippen molar-refractivity contribution in [3.63, 3.8) is 0 Å². The maximum Gasteiger partial charge on any atom is 0.169 e. The van der Waals surface area contributed by atoms with Crippen LogP contribution in [0.4, 0.5) is 0 Å². The minimum absolute atomic E-state index is 0.150. The minimum Gasteiger partial charge on any atom is -0.368 e. The van der Waals surface area contributed by atoms with E-state index in [0.717, 1.165) is 180 Å². The van der Waals surface area contributed by atoms with Crippen molar-refractivity contribution in [1.29, 1.82) is 0 Å². The molecule has 18 rings (SSSR count). The summed E-state index contributed by atoms with van der Waals surface area (Å²) >= 11 is 25.4. The molecule has 0 saturated carbocycles. The lowest BCUT2D eigenvalue weighted by Gasteiger charge is -2.36. The van der Waals surface area contributed by atoms with Gasteiger partial charge in [0.2, 0.25) is 0 Å². The second-order valence-electron chi connectivity index (χ2n) is 31.2. The van der Waals surface area contributed by atoms with E-state index < -0.39 is 0 Å². The summed E-state index contributed by atoms with van der Waals surface area (Å²) in [5.41, 5.74) is 21.0. The molecule has 4 unspecified atom stereocenters. The quantitative estimate of drug-likeness (QED) is 0.164. The van der Waals surface area contributed by atoms with Crippen LogP contribution in [0.2, 0.25) is 20.1 Å². The van der Waals surface area contributed by atoms with Crippen LogP contribution in [0, 0.1) is 23.7 Å². The molecule has 0 amide bonds. The molecule has 6 aliphatic heterocycles. The van der Waals surface area contributed by atoms with Crippen molar-refractivity contribution in [3.8, 4) is 0 Å². The second-order valence-corrected chi connectivity index (χ2v) is 32.9. The summed E-state index contributed by atoms with van der Waals surface area (Å²) in [5, 5.41) is 9.89. The molecule has 4 aromatic heterocycles. The molecule has 552 valence electrons. The maximum atomic E-state index is 12.8. The summed E-state index contributed by atoms with van der Waals surface area (Å²) in [6.45, 7) is 17.2. The molecule has 14 nitrogen and oxygen atoms in total. The van der Waals surface area contributed by atoms with Crippen molar-refractivity contribution in [2.24, 2.45) is 23.7 Å². The van der Waals surface area contributed by atoms with Crippen LogP contribution < -0.4 is 10.6 Å². The predicted octanol–water partition coefficient (Wildman–Crippen LogP) is 15.7. The Morgan fingerprint density at radius 3 is 1.25 bits per heavy atom. The summed E-state index contributed by atoms with van der Waals surface area (Å²) in [4.78, 5) is 59.5. The van der Waals surface area contributed by atoms with Crippen molar-refractivity contribution in [2.75, 3.05) is 133 Å². The summed E-state index contributed by atoms with van der Waals surface area (Å²) in [6.07, 6.45) is 22.5. The zero-order chi connectivity index (χ0) is 73.0. The molecule has 6 fully saturated rings. The van der Waals surface area contributed by atoms with Gasteiger partial charge in [0.15, 0.2) is 11.6 Å². The molecular formula is C88H100Cl4N12O2. The highest BCUT2D eigenvalue weighted by Crippen LogP contribution is 2.49. The van der Waals surface area contributed by atoms with Gasteiger partial charge in [-0.2, -0.15) is 0 Å². The van der Waals surface area contributed by atoms with Crippen molar-refractivity contribution in [1.82, 2.24) is 60.0 Å². The van der Waals surface area contributed by atoms with Crippen LogP contribution in [-0.4, -0.2) is 194 Å². The third-order valence-corrected chi connectivity index (χ3v) is 25.4. The van der Waals surface area contributed by atoms with E-state index in [1.165, 1.54) is 87.4 Å². The smallest absolute Gasteiger partial charge is 0.169 e. The number of ketones is 2. The van der Waals surface area contributed by atoms with Crippen LogP contribution in [0.5, 0.6) is 0 Å². The molecule has 18 heteroatoms. The zero-order valence-corrected chi connectivity index (χ0v) is 64.8. The number of pyridine rings is 4. The number of hydrogen-bond donors (Lipinski definition) is 2. The van der Waals surface area contributed by atoms with Gasteiger partial charge in [-0.15, -0.1) is 0 Å². The van der Waals surface area contributed by atoms with Gasteiger partial charge in [-0.1, -0.05) is 82.8 Å². The van der Waals surface area contributed by atoms with Gasteiger partial charge in [0.1, 0.15) is 0 Å². The molecule has 4 aromatic carbocycles. The van der Waals surface area contributed by atoms with Crippen LogP contribution >= 0.6 is 46.4 Å². The fourth-order valence-electron chi connectivity index (χ4n) is 18.8. The van der Waals surface area contributed by atoms with E-state index in [9.17, 15) is 9.59 Å². The Hall–Kier alpha value is -7.18. The lowest BCUT2D eigenvalue weighted by Crippen LogP contribution is -2.42. The summed E-state index contributed by atoms with van der Waals surface area (Å²) in [6, 6.07) is 41.2.